The molecule has 134 valence electrons. The molecule has 5 nitrogen and oxygen atoms in total. The molecule has 0 heterocycles. The van der Waals surface area contributed by atoms with Crippen molar-refractivity contribution in [3.8, 4) is 0 Å². The van der Waals surface area contributed by atoms with E-state index in [1.165, 1.54) is 0 Å². The first-order valence-electron chi connectivity index (χ1n) is 8.49. The molecule has 0 unspecified atom stereocenters. The number of hydrogen-bond donors (Lipinski definition) is 1. The van der Waals surface area contributed by atoms with E-state index in [0.29, 0.717) is 19.4 Å². The van der Waals surface area contributed by atoms with Gasteiger partial charge in [-0.1, -0.05) is 30.3 Å². The monoisotopic (exact) mass is 335 g/mol. The molecule has 0 aliphatic rings. The van der Waals surface area contributed by atoms with Crippen LogP contribution >= 0.6 is 0 Å². The molecule has 0 saturated heterocycles. The van der Waals surface area contributed by atoms with Gasteiger partial charge in [0.05, 0.1) is 0 Å². The van der Waals surface area contributed by atoms with Crippen LogP contribution in [0.25, 0.3) is 0 Å². The molecule has 0 aromatic heterocycles. The van der Waals surface area contributed by atoms with Gasteiger partial charge in [-0.05, 0) is 52.3 Å². The van der Waals surface area contributed by atoms with Crippen molar-refractivity contribution >= 4 is 11.9 Å². The van der Waals surface area contributed by atoms with Crippen molar-refractivity contribution in [2.24, 2.45) is 0 Å². The molecule has 1 aromatic carbocycles. The highest BCUT2D eigenvalue weighted by atomic mass is 16.6. The van der Waals surface area contributed by atoms with Crippen molar-refractivity contribution in [3.05, 3.63) is 35.9 Å². The highest BCUT2D eigenvalue weighted by Crippen LogP contribution is 2.08. The van der Waals surface area contributed by atoms with Crippen LogP contribution in [0.3, 0.4) is 0 Å². The molecule has 0 aliphatic heterocycles. The van der Waals surface area contributed by atoms with E-state index in [-0.39, 0.29) is 11.9 Å². The van der Waals surface area contributed by atoms with Crippen LogP contribution in [0.1, 0.15) is 52.0 Å². The highest BCUT2D eigenvalue weighted by Gasteiger charge is 2.15. The van der Waals surface area contributed by atoms with Crippen molar-refractivity contribution in [2.75, 3.05) is 13.1 Å². The van der Waals surface area contributed by atoms with E-state index in [9.17, 15) is 9.59 Å². The smallest absolute Gasteiger partial charge is 0.306 e. The van der Waals surface area contributed by atoms with Crippen molar-refractivity contribution in [2.45, 2.75) is 58.7 Å². The average Bonchev–Trinajstić information content (AvgIpc) is 2.51. The predicted molar refractivity (Wildman–Crippen MR) is 93.4 cm³/mol. The van der Waals surface area contributed by atoms with Crippen LogP contribution in [0.4, 0.5) is 0 Å². The van der Waals surface area contributed by atoms with E-state index in [1.54, 1.807) is 0 Å². The summed E-state index contributed by atoms with van der Waals surface area (Å²) in [5.74, 6) is -0.358. The van der Waals surface area contributed by atoms with E-state index < -0.39 is 5.60 Å². The van der Waals surface area contributed by atoms with Crippen molar-refractivity contribution in [3.63, 3.8) is 0 Å². The number of carbonyl (C=O) groups is 2. The topological polar surface area (TPSA) is 64.6 Å². The van der Waals surface area contributed by atoms with Gasteiger partial charge >= 0.3 is 11.9 Å². The van der Waals surface area contributed by atoms with Crippen LogP contribution in [0.2, 0.25) is 0 Å². The van der Waals surface area contributed by atoms with Gasteiger partial charge in [0.25, 0.3) is 0 Å². The second-order valence-electron chi connectivity index (χ2n) is 6.69. The fourth-order valence-corrected chi connectivity index (χ4v) is 2.04. The lowest BCUT2D eigenvalue weighted by Crippen LogP contribution is -2.25. The molecular formula is C19H29NO4. The second kappa shape index (κ2) is 10.8. The van der Waals surface area contributed by atoms with Crippen LogP contribution < -0.4 is 5.32 Å². The molecule has 0 atom stereocenters. The SMILES string of the molecule is CC(C)(C)OC(=O)CCCNCCCC(=O)OCc1ccccc1. The molecule has 0 radical (unpaired) electrons. The molecule has 0 fully saturated rings. The molecule has 0 bridgehead atoms. The first kappa shape index (κ1) is 20.2. The van der Waals surface area contributed by atoms with Gasteiger partial charge in [-0.25, -0.2) is 0 Å². The Bertz CT molecular complexity index is 494. The van der Waals surface area contributed by atoms with E-state index in [4.69, 9.17) is 9.47 Å². The Hall–Kier alpha value is -1.88. The number of nitrogens with one attached hydrogen (secondary N) is 1. The largest absolute Gasteiger partial charge is 0.461 e. The quantitative estimate of drug-likeness (QED) is 0.525. The molecular weight excluding hydrogens is 306 g/mol. The zero-order valence-corrected chi connectivity index (χ0v) is 15.0. The summed E-state index contributed by atoms with van der Waals surface area (Å²) in [6, 6.07) is 9.63. The van der Waals surface area contributed by atoms with Gasteiger partial charge in [0, 0.05) is 12.8 Å². The molecule has 1 rings (SSSR count). The third-order valence-electron chi connectivity index (χ3n) is 3.13. The normalized spacial score (nSPS) is 11.1. The predicted octanol–water partition coefficient (Wildman–Crippen LogP) is 3.22. The first-order valence-corrected chi connectivity index (χ1v) is 8.49. The van der Waals surface area contributed by atoms with Crippen LogP contribution in [0.15, 0.2) is 30.3 Å². The first-order chi connectivity index (χ1) is 11.4. The van der Waals surface area contributed by atoms with Crippen molar-refractivity contribution < 1.29 is 19.1 Å². The van der Waals surface area contributed by atoms with E-state index in [0.717, 1.165) is 31.5 Å². The van der Waals surface area contributed by atoms with E-state index in [1.807, 2.05) is 51.1 Å². The summed E-state index contributed by atoms with van der Waals surface area (Å²) in [6.07, 6.45) is 2.25. The summed E-state index contributed by atoms with van der Waals surface area (Å²) in [6.45, 7) is 7.37. The Morgan fingerprint density at radius 1 is 0.958 bits per heavy atom. The Morgan fingerprint density at radius 3 is 2.12 bits per heavy atom. The Labute approximate surface area is 144 Å². The van der Waals surface area contributed by atoms with Gasteiger partial charge in [0.2, 0.25) is 0 Å². The lowest BCUT2D eigenvalue weighted by molar-refractivity contribution is -0.154. The zero-order chi connectivity index (χ0) is 17.8. The maximum absolute atomic E-state index is 11.6. The van der Waals surface area contributed by atoms with Crippen molar-refractivity contribution in [1.29, 1.82) is 0 Å². The van der Waals surface area contributed by atoms with Crippen LogP contribution in [0, 0.1) is 0 Å². The molecule has 1 aromatic rings. The number of carbonyl (C=O) groups excluding carboxylic acids is 2. The highest BCUT2D eigenvalue weighted by molar-refractivity contribution is 5.70. The summed E-state index contributed by atoms with van der Waals surface area (Å²) in [4.78, 5) is 23.1. The minimum absolute atomic E-state index is 0.172. The Balaban J connectivity index is 1.96. The summed E-state index contributed by atoms with van der Waals surface area (Å²) in [5.41, 5.74) is 0.566. The van der Waals surface area contributed by atoms with Gasteiger partial charge in [-0.3, -0.25) is 9.59 Å². The molecule has 24 heavy (non-hydrogen) atoms. The molecule has 1 N–H and O–H groups in total. The number of hydrogen-bond acceptors (Lipinski definition) is 5. The molecule has 0 saturated carbocycles. The zero-order valence-electron chi connectivity index (χ0n) is 15.0. The van der Waals surface area contributed by atoms with Gasteiger partial charge in [0.1, 0.15) is 12.2 Å². The lowest BCUT2D eigenvalue weighted by Gasteiger charge is -2.19. The number of esters is 2. The summed E-state index contributed by atoms with van der Waals surface area (Å²) in [5, 5.41) is 3.22. The summed E-state index contributed by atoms with van der Waals surface area (Å²) < 4.78 is 10.4. The molecule has 5 heteroatoms. The van der Waals surface area contributed by atoms with Gasteiger partial charge in [-0.15, -0.1) is 0 Å². The number of ether oxygens (including phenoxy) is 2. The van der Waals surface area contributed by atoms with E-state index >= 15 is 0 Å². The van der Waals surface area contributed by atoms with Crippen LogP contribution in [-0.2, 0) is 25.7 Å². The third-order valence-corrected chi connectivity index (χ3v) is 3.13. The summed E-state index contributed by atoms with van der Waals surface area (Å²) >= 11 is 0. The fourth-order valence-electron chi connectivity index (χ4n) is 2.04. The molecule has 0 amide bonds. The molecule has 0 aliphatic carbocycles. The van der Waals surface area contributed by atoms with Gasteiger partial charge in [-0.2, -0.15) is 0 Å². The van der Waals surface area contributed by atoms with Crippen molar-refractivity contribution in [1.82, 2.24) is 5.32 Å². The van der Waals surface area contributed by atoms with Crippen LogP contribution in [0.5, 0.6) is 0 Å². The average molecular weight is 335 g/mol. The minimum Gasteiger partial charge on any atom is -0.461 e. The number of benzene rings is 1. The Kier molecular flexibility index (Phi) is 9.08. The molecule has 0 spiro atoms. The van der Waals surface area contributed by atoms with Gasteiger partial charge in [0.15, 0.2) is 0 Å². The standard InChI is InChI=1S/C19H29NO4/c1-19(2,3)24-18(22)12-8-14-20-13-7-11-17(21)23-15-16-9-5-4-6-10-16/h4-6,9-10,20H,7-8,11-15H2,1-3H3. The second-order valence-corrected chi connectivity index (χ2v) is 6.69. The minimum atomic E-state index is -0.426. The summed E-state index contributed by atoms with van der Waals surface area (Å²) in [7, 11) is 0. The van der Waals surface area contributed by atoms with Crippen LogP contribution in [-0.4, -0.2) is 30.6 Å². The van der Waals surface area contributed by atoms with E-state index in [2.05, 4.69) is 5.32 Å². The maximum atomic E-state index is 11.6. The number of rotatable bonds is 10. The fraction of sp³-hybridized carbons (Fsp3) is 0.579. The third kappa shape index (κ3) is 10.8. The lowest BCUT2D eigenvalue weighted by atomic mass is 10.2. The van der Waals surface area contributed by atoms with Gasteiger partial charge < -0.3 is 14.8 Å². The maximum Gasteiger partial charge on any atom is 0.306 e. The Morgan fingerprint density at radius 2 is 1.54 bits per heavy atom.